The van der Waals surface area contributed by atoms with Gasteiger partial charge in [0.1, 0.15) is 5.82 Å². The molecule has 0 aliphatic heterocycles. The van der Waals surface area contributed by atoms with Gasteiger partial charge in [0.15, 0.2) is 0 Å². The minimum atomic E-state index is -0.211. The van der Waals surface area contributed by atoms with E-state index < -0.39 is 0 Å². The molecule has 3 rings (SSSR count). The topological polar surface area (TPSA) is 61.4 Å². The molecule has 1 aromatic rings. The summed E-state index contributed by atoms with van der Waals surface area (Å²) in [5.41, 5.74) is 0.752. The Balaban J connectivity index is 1.33. The highest BCUT2D eigenvalue weighted by atomic mass is 19.1. The van der Waals surface area contributed by atoms with Crippen LogP contribution in [0.15, 0.2) is 24.3 Å². The number of nitrogens with one attached hydrogen (secondary N) is 2. The fourth-order valence-corrected chi connectivity index (χ4v) is 3.93. The Morgan fingerprint density at radius 1 is 1.21 bits per heavy atom. The first kappa shape index (κ1) is 17.2. The molecular formula is C19H27FN2O2. The number of carbonyl (C=O) groups excluding carboxylic acids is 1. The lowest BCUT2D eigenvalue weighted by Crippen LogP contribution is -2.48. The van der Waals surface area contributed by atoms with E-state index in [-0.39, 0.29) is 29.9 Å². The van der Waals surface area contributed by atoms with Gasteiger partial charge in [-0.3, -0.25) is 0 Å². The summed E-state index contributed by atoms with van der Waals surface area (Å²) in [6.07, 6.45) is 6.41. The van der Waals surface area contributed by atoms with Crippen LogP contribution < -0.4 is 10.6 Å². The van der Waals surface area contributed by atoms with E-state index in [9.17, 15) is 14.3 Å². The second-order valence-corrected chi connectivity index (χ2v) is 7.19. The van der Waals surface area contributed by atoms with Crippen molar-refractivity contribution in [1.29, 1.82) is 0 Å². The Morgan fingerprint density at radius 3 is 2.71 bits per heavy atom. The third-order valence-electron chi connectivity index (χ3n) is 5.49. The third kappa shape index (κ3) is 4.26. The summed E-state index contributed by atoms with van der Waals surface area (Å²) in [5, 5.41) is 15.8. The van der Waals surface area contributed by atoms with E-state index in [1.165, 1.54) is 12.5 Å². The Kier molecular flexibility index (Phi) is 5.72. The summed E-state index contributed by atoms with van der Waals surface area (Å²) < 4.78 is 13.7. The van der Waals surface area contributed by atoms with Crippen molar-refractivity contribution in [3.05, 3.63) is 35.6 Å². The first-order valence-electron chi connectivity index (χ1n) is 9.10. The van der Waals surface area contributed by atoms with E-state index in [0.29, 0.717) is 12.5 Å². The molecule has 24 heavy (non-hydrogen) atoms. The average molecular weight is 334 g/mol. The molecule has 2 aliphatic carbocycles. The minimum Gasteiger partial charge on any atom is -0.393 e. The Bertz CT molecular complexity index is 560. The summed E-state index contributed by atoms with van der Waals surface area (Å²) in [7, 11) is 0. The van der Waals surface area contributed by atoms with E-state index in [2.05, 4.69) is 10.6 Å². The van der Waals surface area contributed by atoms with Gasteiger partial charge in [0.25, 0.3) is 0 Å². The van der Waals surface area contributed by atoms with Crippen molar-refractivity contribution in [1.82, 2.24) is 10.6 Å². The molecule has 0 bridgehead atoms. The lowest BCUT2D eigenvalue weighted by Gasteiger charge is -2.36. The van der Waals surface area contributed by atoms with Crippen molar-refractivity contribution in [2.24, 2.45) is 5.92 Å². The van der Waals surface area contributed by atoms with Crippen molar-refractivity contribution < 1.29 is 14.3 Å². The molecule has 2 aliphatic rings. The Morgan fingerprint density at radius 2 is 1.96 bits per heavy atom. The molecule has 0 aromatic heterocycles. The minimum absolute atomic E-state index is 0.120. The molecule has 3 N–H and O–H groups in total. The fraction of sp³-hybridized carbons (Fsp3) is 0.632. The predicted molar refractivity (Wildman–Crippen MR) is 91.3 cm³/mol. The zero-order valence-corrected chi connectivity index (χ0v) is 14.0. The summed E-state index contributed by atoms with van der Waals surface area (Å²) in [6.45, 7) is 0.594. The Labute approximate surface area is 142 Å². The van der Waals surface area contributed by atoms with Crippen molar-refractivity contribution >= 4 is 6.03 Å². The summed E-state index contributed by atoms with van der Waals surface area (Å²) >= 11 is 0. The van der Waals surface area contributed by atoms with E-state index in [0.717, 1.165) is 44.1 Å². The van der Waals surface area contributed by atoms with Gasteiger partial charge >= 0.3 is 6.03 Å². The van der Waals surface area contributed by atoms with Crippen molar-refractivity contribution in [2.45, 2.75) is 63.0 Å². The molecule has 1 aromatic carbocycles. The first-order valence-corrected chi connectivity index (χ1v) is 9.10. The maximum atomic E-state index is 13.7. The molecule has 2 fully saturated rings. The van der Waals surface area contributed by atoms with Crippen molar-refractivity contribution in [2.75, 3.05) is 6.54 Å². The molecule has 132 valence electrons. The monoisotopic (exact) mass is 334 g/mol. The van der Waals surface area contributed by atoms with Gasteiger partial charge in [0.05, 0.1) is 6.10 Å². The molecule has 0 unspecified atom stereocenters. The number of carbonyl (C=O) groups is 1. The van der Waals surface area contributed by atoms with Crippen LogP contribution in [0.5, 0.6) is 0 Å². The SMILES string of the molecule is O=C(NCC[C@H]1CCCC[C@H]1O)NC1CC(c2ccccc2F)C1. The van der Waals surface area contributed by atoms with E-state index in [4.69, 9.17) is 0 Å². The first-order chi connectivity index (χ1) is 11.6. The van der Waals surface area contributed by atoms with Crippen LogP contribution in [0.3, 0.4) is 0 Å². The molecule has 2 saturated carbocycles. The van der Waals surface area contributed by atoms with Gasteiger partial charge in [-0.2, -0.15) is 0 Å². The van der Waals surface area contributed by atoms with Crippen LogP contribution in [0.25, 0.3) is 0 Å². The number of amides is 2. The molecule has 0 heterocycles. The second kappa shape index (κ2) is 7.97. The number of benzene rings is 1. The average Bonchev–Trinajstić information content (AvgIpc) is 2.53. The van der Waals surface area contributed by atoms with Crippen LogP contribution in [-0.2, 0) is 0 Å². The van der Waals surface area contributed by atoms with Crippen molar-refractivity contribution in [3.8, 4) is 0 Å². The van der Waals surface area contributed by atoms with Gasteiger partial charge in [-0.1, -0.05) is 31.0 Å². The molecular weight excluding hydrogens is 307 g/mol. The third-order valence-corrected chi connectivity index (χ3v) is 5.49. The largest absolute Gasteiger partial charge is 0.393 e. The van der Waals surface area contributed by atoms with Crippen molar-refractivity contribution in [3.63, 3.8) is 0 Å². The number of rotatable bonds is 5. The number of aliphatic hydroxyl groups is 1. The molecule has 4 nitrogen and oxygen atoms in total. The smallest absolute Gasteiger partial charge is 0.315 e. The van der Waals surface area contributed by atoms with Crippen LogP contribution in [0.1, 0.15) is 56.4 Å². The number of hydrogen-bond donors (Lipinski definition) is 3. The standard InChI is InChI=1S/C19H27FN2O2/c20-17-7-3-2-6-16(17)14-11-15(12-14)22-19(24)21-10-9-13-5-1-4-8-18(13)23/h2-3,6-7,13-15,18,23H,1,4-5,8-12H2,(H2,21,22,24)/t13-,14?,15?,18-/m1/s1. The van der Waals surface area contributed by atoms with E-state index >= 15 is 0 Å². The van der Waals surface area contributed by atoms with Crippen LogP contribution in [-0.4, -0.2) is 29.8 Å². The molecule has 0 spiro atoms. The van der Waals surface area contributed by atoms with E-state index in [1.807, 2.05) is 12.1 Å². The second-order valence-electron chi connectivity index (χ2n) is 7.19. The number of urea groups is 1. The molecule has 0 saturated heterocycles. The number of halogens is 1. The summed E-state index contributed by atoms with van der Waals surface area (Å²) in [4.78, 5) is 11.9. The predicted octanol–water partition coefficient (Wildman–Crippen LogP) is 3.31. The number of aliphatic hydroxyl groups excluding tert-OH is 1. The lowest BCUT2D eigenvalue weighted by atomic mass is 9.76. The highest BCUT2D eigenvalue weighted by Gasteiger charge is 2.32. The number of hydrogen-bond acceptors (Lipinski definition) is 2. The van der Waals surface area contributed by atoms with Gasteiger partial charge in [0, 0.05) is 12.6 Å². The van der Waals surface area contributed by atoms with Gasteiger partial charge in [-0.05, 0) is 55.6 Å². The molecule has 2 atom stereocenters. The van der Waals surface area contributed by atoms with Crippen LogP contribution in [0, 0.1) is 11.7 Å². The fourth-order valence-electron chi connectivity index (χ4n) is 3.93. The van der Waals surface area contributed by atoms with Gasteiger partial charge < -0.3 is 15.7 Å². The highest BCUT2D eigenvalue weighted by molar-refractivity contribution is 5.74. The maximum absolute atomic E-state index is 13.7. The van der Waals surface area contributed by atoms with Crippen LogP contribution in [0.4, 0.5) is 9.18 Å². The maximum Gasteiger partial charge on any atom is 0.315 e. The lowest BCUT2D eigenvalue weighted by molar-refractivity contribution is 0.0656. The van der Waals surface area contributed by atoms with Crippen LogP contribution in [0.2, 0.25) is 0 Å². The summed E-state index contributed by atoms with van der Waals surface area (Å²) in [6, 6.07) is 6.83. The van der Waals surface area contributed by atoms with E-state index in [1.54, 1.807) is 6.07 Å². The quantitative estimate of drug-likeness (QED) is 0.773. The zero-order valence-electron chi connectivity index (χ0n) is 14.0. The van der Waals surface area contributed by atoms with Gasteiger partial charge in [0.2, 0.25) is 0 Å². The zero-order chi connectivity index (χ0) is 16.9. The van der Waals surface area contributed by atoms with Crippen LogP contribution >= 0.6 is 0 Å². The molecule has 0 radical (unpaired) electrons. The molecule has 2 amide bonds. The highest BCUT2D eigenvalue weighted by Crippen LogP contribution is 2.37. The molecule has 5 heteroatoms. The van der Waals surface area contributed by atoms with Gasteiger partial charge in [-0.25, -0.2) is 9.18 Å². The summed E-state index contributed by atoms with van der Waals surface area (Å²) in [5.74, 6) is 0.360. The van der Waals surface area contributed by atoms with Gasteiger partial charge in [-0.15, -0.1) is 0 Å². The normalized spacial score (nSPS) is 29.6. The Hall–Kier alpha value is -1.62.